The van der Waals surface area contributed by atoms with Gasteiger partial charge in [0.05, 0.1) is 12.2 Å². The van der Waals surface area contributed by atoms with Crippen molar-refractivity contribution in [3.63, 3.8) is 0 Å². The SMILES string of the molecule is O=C(NCC#Cc1cccc(Cl)c1)c1cc(-c2ccc(F)cc2)n[nH]1. The monoisotopic (exact) mass is 353 g/mol. The Labute approximate surface area is 149 Å². The minimum Gasteiger partial charge on any atom is -0.340 e. The van der Waals surface area contributed by atoms with E-state index in [1.165, 1.54) is 12.1 Å². The van der Waals surface area contributed by atoms with Crippen molar-refractivity contribution in [1.82, 2.24) is 15.5 Å². The van der Waals surface area contributed by atoms with Gasteiger partial charge in [0, 0.05) is 16.1 Å². The zero-order valence-corrected chi connectivity index (χ0v) is 13.8. The second-order valence-corrected chi connectivity index (χ2v) is 5.60. The van der Waals surface area contributed by atoms with Gasteiger partial charge in [0.1, 0.15) is 11.5 Å². The Morgan fingerprint density at radius 2 is 2.00 bits per heavy atom. The Balaban J connectivity index is 1.60. The lowest BCUT2D eigenvalue weighted by atomic mass is 10.1. The summed E-state index contributed by atoms with van der Waals surface area (Å²) in [6.45, 7) is 0.191. The molecule has 0 fully saturated rings. The summed E-state index contributed by atoms with van der Waals surface area (Å²) < 4.78 is 12.9. The smallest absolute Gasteiger partial charge is 0.270 e. The first kappa shape index (κ1) is 16.7. The van der Waals surface area contributed by atoms with Gasteiger partial charge >= 0.3 is 0 Å². The van der Waals surface area contributed by atoms with Crippen molar-refractivity contribution in [2.24, 2.45) is 0 Å². The van der Waals surface area contributed by atoms with Gasteiger partial charge in [-0.1, -0.05) is 29.5 Å². The van der Waals surface area contributed by atoms with E-state index in [4.69, 9.17) is 11.6 Å². The quantitative estimate of drug-likeness (QED) is 0.706. The first-order chi connectivity index (χ1) is 12.1. The number of aromatic nitrogens is 2. The van der Waals surface area contributed by atoms with Gasteiger partial charge in [0.15, 0.2) is 0 Å². The van der Waals surface area contributed by atoms with Crippen molar-refractivity contribution < 1.29 is 9.18 Å². The highest BCUT2D eigenvalue weighted by Gasteiger charge is 2.10. The fourth-order valence-corrected chi connectivity index (χ4v) is 2.33. The van der Waals surface area contributed by atoms with Crippen LogP contribution in [0.25, 0.3) is 11.3 Å². The van der Waals surface area contributed by atoms with Gasteiger partial charge in [-0.05, 0) is 48.5 Å². The molecule has 0 aliphatic carbocycles. The molecule has 1 heterocycles. The van der Waals surface area contributed by atoms with Crippen LogP contribution in [-0.4, -0.2) is 22.6 Å². The second kappa shape index (κ2) is 7.65. The lowest BCUT2D eigenvalue weighted by molar-refractivity contribution is 0.0953. The molecule has 0 aliphatic rings. The van der Waals surface area contributed by atoms with Gasteiger partial charge in [0.25, 0.3) is 5.91 Å². The Kier molecular flexibility index (Phi) is 5.12. The molecular weight excluding hydrogens is 341 g/mol. The minimum absolute atomic E-state index is 0.191. The maximum absolute atomic E-state index is 12.9. The van der Waals surface area contributed by atoms with Crippen LogP contribution in [0.15, 0.2) is 54.6 Å². The summed E-state index contributed by atoms with van der Waals surface area (Å²) in [6.07, 6.45) is 0. The zero-order chi connectivity index (χ0) is 17.6. The molecule has 1 amide bonds. The summed E-state index contributed by atoms with van der Waals surface area (Å²) in [5, 5.41) is 10.0. The molecule has 0 radical (unpaired) electrons. The van der Waals surface area contributed by atoms with E-state index >= 15 is 0 Å². The number of H-pyrrole nitrogens is 1. The molecular formula is C19H13ClFN3O. The normalized spacial score (nSPS) is 10.0. The summed E-state index contributed by atoms with van der Waals surface area (Å²) in [5.41, 5.74) is 2.37. The number of halogens is 2. The van der Waals surface area contributed by atoms with Crippen LogP contribution < -0.4 is 5.32 Å². The fraction of sp³-hybridized carbons (Fsp3) is 0.0526. The average Bonchev–Trinajstić information content (AvgIpc) is 3.09. The molecule has 0 saturated carbocycles. The summed E-state index contributed by atoms with van der Waals surface area (Å²) in [5.74, 6) is 5.13. The number of hydrogen-bond donors (Lipinski definition) is 2. The van der Waals surface area contributed by atoms with Crippen LogP contribution in [0, 0.1) is 17.7 Å². The molecule has 0 saturated heterocycles. The topological polar surface area (TPSA) is 57.8 Å². The van der Waals surface area contributed by atoms with E-state index in [1.807, 2.05) is 12.1 Å². The van der Waals surface area contributed by atoms with E-state index in [2.05, 4.69) is 27.4 Å². The van der Waals surface area contributed by atoms with Gasteiger partial charge < -0.3 is 5.32 Å². The van der Waals surface area contributed by atoms with Crippen LogP contribution in [0.5, 0.6) is 0 Å². The average molecular weight is 354 g/mol. The molecule has 6 heteroatoms. The molecule has 2 N–H and O–H groups in total. The number of nitrogens with zero attached hydrogens (tertiary/aromatic N) is 1. The predicted molar refractivity (Wildman–Crippen MR) is 94.6 cm³/mol. The molecule has 1 aromatic heterocycles. The third kappa shape index (κ3) is 4.46. The highest BCUT2D eigenvalue weighted by molar-refractivity contribution is 6.30. The number of aromatic amines is 1. The van der Waals surface area contributed by atoms with Crippen molar-refractivity contribution >= 4 is 17.5 Å². The first-order valence-electron chi connectivity index (χ1n) is 7.46. The third-order valence-corrected chi connectivity index (χ3v) is 3.59. The first-order valence-corrected chi connectivity index (χ1v) is 7.83. The number of amides is 1. The van der Waals surface area contributed by atoms with E-state index < -0.39 is 0 Å². The number of carbonyl (C=O) groups is 1. The number of hydrogen-bond acceptors (Lipinski definition) is 2. The second-order valence-electron chi connectivity index (χ2n) is 5.17. The molecule has 4 nitrogen and oxygen atoms in total. The highest BCUT2D eigenvalue weighted by atomic mass is 35.5. The van der Waals surface area contributed by atoms with Crippen molar-refractivity contribution in [2.75, 3.05) is 6.54 Å². The molecule has 0 unspecified atom stereocenters. The van der Waals surface area contributed by atoms with Crippen LogP contribution in [0.1, 0.15) is 16.1 Å². The molecule has 124 valence electrons. The van der Waals surface area contributed by atoms with Crippen LogP contribution in [-0.2, 0) is 0 Å². The molecule has 0 spiro atoms. The number of carbonyl (C=O) groups excluding carboxylic acids is 1. The lowest BCUT2D eigenvalue weighted by Crippen LogP contribution is -2.23. The molecule has 3 aromatic rings. The number of rotatable bonds is 3. The Morgan fingerprint density at radius 3 is 2.76 bits per heavy atom. The van der Waals surface area contributed by atoms with Gasteiger partial charge in [-0.3, -0.25) is 9.89 Å². The molecule has 25 heavy (non-hydrogen) atoms. The summed E-state index contributed by atoms with van der Waals surface area (Å²) in [4.78, 5) is 12.1. The molecule has 0 bridgehead atoms. The van der Waals surface area contributed by atoms with E-state index in [-0.39, 0.29) is 18.3 Å². The zero-order valence-electron chi connectivity index (χ0n) is 13.0. The van der Waals surface area contributed by atoms with Crippen LogP contribution in [0.2, 0.25) is 5.02 Å². The number of benzene rings is 2. The molecule has 2 aromatic carbocycles. The van der Waals surface area contributed by atoms with Gasteiger partial charge in [-0.15, -0.1) is 0 Å². The molecule has 0 aliphatic heterocycles. The van der Waals surface area contributed by atoms with Crippen molar-refractivity contribution in [3.8, 4) is 23.1 Å². The van der Waals surface area contributed by atoms with E-state index in [9.17, 15) is 9.18 Å². The van der Waals surface area contributed by atoms with Crippen LogP contribution in [0.3, 0.4) is 0 Å². The van der Waals surface area contributed by atoms with Crippen molar-refractivity contribution in [1.29, 1.82) is 0 Å². The van der Waals surface area contributed by atoms with Crippen LogP contribution >= 0.6 is 11.6 Å². The summed E-state index contributed by atoms with van der Waals surface area (Å²) in [6, 6.07) is 14.7. The predicted octanol–water partition coefficient (Wildman–Crippen LogP) is 3.65. The maximum atomic E-state index is 12.9. The Morgan fingerprint density at radius 1 is 1.20 bits per heavy atom. The van der Waals surface area contributed by atoms with E-state index in [0.717, 1.165) is 11.1 Å². The lowest BCUT2D eigenvalue weighted by Gasteiger charge is -1.97. The van der Waals surface area contributed by atoms with E-state index in [0.29, 0.717) is 16.4 Å². The summed E-state index contributed by atoms with van der Waals surface area (Å²) in [7, 11) is 0. The Hall–Kier alpha value is -3.10. The number of nitrogens with one attached hydrogen (secondary N) is 2. The van der Waals surface area contributed by atoms with Gasteiger partial charge in [0.2, 0.25) is 0 Å². The van der Waals surface area contributed by atoms with Crippen molar-refractivity contribution in [3.05, 3.63) is 76.7 Å². The minimum atomic E-state index is -0.324. The van der Waals surface area contributed by atoms with Gasteiger partial charge in [-0.2, -0.15) is 5.10 Å². The Bertz CT molecular complexity index is 955. The standard InChI is InChI=1S/C19H13ClFN3O/c20-15-5-1-3-13(11-15)4-2-10-22-19(25)18-12-17(23-24-18)14-6-8-16(21)9-7-14/h1,3,5-9,11-12H,10H2,(H,22,25)(H,23,24). The highest BCUT2D eigenvalue weighted by Crippen LogP contribution is 2.17. The fourth-order valence-electron chi connectivity index (χ4n) is 2.14. The molecule has 0 atom stereocenters. The van der Waals surface area contributed by atoms with Crippen molar-refractivity contribution in [2.45, 2.75) is 0 Å². The summed E-state index contributed by atoms with van der Waals surface area (Å²) >= 11 is 5.88. The molecule has 3 rings (SSSR count). The third-order valence-electron chi connectivity index (χ3n) is 3.36. The van der Waals surface area contributed by atoms with E-state index in [1.54, 1.807) is 30.3 Å². The van der Waals surface area contributed by atoms with Crippen LogP contribution in [0.4, 0.5) is 4.39 Å². The maximum Gasteiger partial charge on any atom is 0.270 e. The largest absolute Gasteiger partial charge is 0.340 e. The van der Waals surface area contributed by atoms with Gasteiger partial charge in [-0.25, -0.2) is 4.39 Å².